The van der Waals surface area contributed by atoms with E-state index in [0.29, 0.717) is 0 Å². The Morgan fingerprint density at radius 1 is 0.960 bits per heavy atom. The molecule has 0 N–H and O–H groups in total. The van der Waals surface area contributed by atoms with E-state index in [0.717, 1.165) is 4.46 Å². The summed E-state index contributed by atoms with van der Waals surface area (Å²) in [4.78, 5) is 34.1. The maximum atomic E-state index is 11.5. The van der Waals surface area contributed by atoms with Gasteiger partial charge in [-0.1, -0.05) is 0 Å². The van der Waals surface area contributed by atoms with E-state index in [-0.39, 0.29) is 21.6 Å². The molecule has 1 aromatic rings. The molecule has 1 aliphatic heterocycles. The molecule has 1 heterocycles. The van der Waals surface area contributed by atoms with Crippen LogP contribution in [0, 0.1) is 0 Å². The fraction of sp³-hybridized carbons (Fsp3) is 0.471. The van der Waals surface area contributed by atoms with Crippen molar-refractivity contribution in [2.24, 2.45) is 0 Å². The molecule has 0 aromatic heterocycles. The average Bonchev–Trinajstić information content (AvgIpc) is 2.82. The van der Waals surface area contributed by atoms with Gasteiger partial charge in [0.15, 0.2) is 0 Å². The molecular weight excluding hydrogens is 395 g/mol. The molecule has 0 saturated carbocycles. The van der Waals surface area contributed by atoms with Crippen LogP contribution in [0.5, 0.6) is 0 Å². The van der Waals surface area contributed by atoms with Crippen LogP contribution in [0.15, 0.2) is 30.3 Å². The van der Waals surface area contributed by atoms with Gasteiger partial charge in [-0.2, -0.15) is 0 Å². The van der Waals surface area contributed by atoms with Crippen LogP contribution in [-0.4, -0.2) is 62.8 Å². The zero-order valence-corrected chi connectivity index (χ0v) is 15.9. The van der Waals surface area contributed by atoms with E-state index in [1.54, 1.807) is 0 Å². The van der Waals surface area contributed by atoms with Gasteiger partial charge in [-0.25, -0.2) is 0 Å². The molecule has 136 valence electrons. The first-order chi connectivity index (χ1) is 11.9. The van der Waals surface area contributed by atoms with Gasteiger partial charge in [-0.15, -0.1) is 0 Å². The molecule has 2 rings (SSSR count). The van der Waals surface area contributed by atoms with Crippen LogP contribution in [-0.2, 0) is 33.3 Å². The van der Waals surface area contributed by atoms with Crippen molar-refractivity contribution in [2.75, 3.05) is 6.61 Å². The minimum atomic E-state index is -0.823. The van der Waals surface area contributed by atoms with Crippen LogP contribution in [0.1, 0.15) is 20.8 Å². The monoisotopic (exact) mass is 416 g/mol. The molecule has 25 heavy (non-hydrogen) atoms. The first kappa shape index (κ1) is 19.4. The van der Waals surface area contributed by atoms with Gasteiger partial charge in [0.05, 0.1) is 0 Å². The molecule has 0 aliphatic carbocycles. The molecule has 1 fully saturated rings. The van der Waals surface area contributed by atoms with E-state index in [1.807, 2.05) is 30.3 Å². The van der Waals surface area contributed by atoms with E-state index in [4.69, 9.17) is 18.9 Å². The molecule has 1 saturated heterocycles. The van der Waals surface area contributed by atoms with Crippen LogP contribution in [0.2, 0.25) is 0 Å². The third-order valence-electron chi connectivity index (χ3n) is 3.32. The summed E-state index contributed by atoms with van der Waals surface area (Å²) in [6.45, 7) is 3.76. The number of ether oxygens (including phenoxy) is 4. The number of esters is 3. The van der Waals surface area contributed by atoms with Crippen molar-refractivity contribution < 1.29 is 33.3 Å². The Morgan fingerprint density at radius 3 is 2.12 bits per heavy atom. The second-order valence-electron chi connectivity index (χ2n) is 5.42. The van der Waals surface area contributed by atoms with E-state index in [9.17, 15) is 14.4 Å². The average molecular weight is 415 g/mol. The standard InChI is InChI=1S/C17H20O7Se/c1-10(18)21-9-14-15(22-11(2)19)16(23-12(3)20)17(24-14)25-13-7-5-4-6-8-13/h4-8,14-17H,9H2,1-3H3/t14-,15-,16+,17-/m0/s1. The number of rotatable bonds is 6. The van der Waals surface area contributed by atoms with E-state index >= 15 is 0 Å². The second-order valence-corrected chi connectivity index (χ2v) is 7.88. The van der Waals surface area contributed by atoms with Crippen LogP contribution < -0.4 is 4.46 Å². The second kappa shape index (κ2) is 8.99. The van der Waals surface area contributed by atoms with Gasteiger partial charge in [0, 0.05) is 0 Å². The van der Waals surface area contributed by atoms with Gasteiger partial charge in [0.1, 0.15) is 0 Å². The minimum absolute atomic E-state index is 0.0770. The Kier molecular flexibility index (Phi) is 6.99. The number of carbonyl (C=O) groups is 3. The topological polar surface area (TPSA) is 88.1 Å². The van der Waals surface area contributed by atoms with Crippen molar-refractivity contribution in [1.29, 1.82) is 0 Å². The summed E-state index contributed by atoms with van der Waals surface area (Å²) in [7, 11) is 0. The van der Waals surface area contributed by atoms with Crippen molar-refractivity contribution in [3.05, 3.63) is 30.3 Å². The Morgan fingerprint density at radius 2 is 1.56 bits per heavy atom. The molecule has 0 spiro atoms. The van der Waals surface area contributed by atoms with Crippen molar-refractivity contribution in [2.45, 2.75) is 44.1 Å². The molecular formula is C17H20O7Se. The van der Waals surface area contributed by atoms with Crippen LogP contribution in [0.4, 0.5) is 0 Å². The van der Waals surface area contributed by atoms with Crippen molar-refractivity contribution >= 4 is 37.3 Å². The zero-order chi connectivity index (χ0) is 18.4. The van der Waals surface area contributed by atoms with Crippen molar-refractivity contribution in [3.63, 3.8) is 0 Å². The molecule has 8 heteroatoms. The van der Waals surface area contributed by atoms with Gasteiger partial charge < -0.3 is 0 Å². The number of benzene rings is 1. The quantitative estimate of drug-likeness (QED) is 0.372. The Bertz CT molecular complexity index is 619. The third kappa shape index (κ3) is 5.85. The fourth-order valence-corrected chi connectivity index (χ4v) is 4.77. The van der Waals surface area contributed by atoms with Gasteiger partial charge in [-0.3, -0.25) is 0 Å². The van der Waals surface area contributed by atoms with Crippen LogP contribution in [0.25, 0.3) is 0 Å². The van der Waals surface area contributed by atoms with Gasteiger partial charge in [0.2, 0.25) is 0 Å². The summed E-state index contributed by atoms with van der Waals surface area (Å²) in [5, 5.41) is -0.455. The van der Waals surface area contributed by atoms with Gasteiger partial charge in [-0.05, 0) is 0 Å². The molecule has 7 nitrogen and oxygen atoms in total. The Hall–Kier alpha value is -1.89. The zero-order valence-electron chi connectivity index (χ0n) is 14.2. The Balaban J connectivity index is 2.21. The van der Waals surface area contributed by atoms with E-state index in [2.05, 4.69) is 0 Å². The SMILES string of the molecule is CC(=O)OC[C@@H]1O[C@@H]([Se]c2ccccc2)[C@H](OC(C)=O)[C@H]1OC(C)=O. The van der Waals surface area contributed by atoms with Gasteiger partial charge in [0.25, 0.3) is 0 Å². The molecule has 0 radical (unpaired) electrons. The summed E-state index contributed by atoms with van der Waals surface area (Å²) in [6, 6.07) is 9.63. The predicted molar refractivity (Wildman–Crippen MR) is 88.2 cm³/mol. The fourth-order valence-electron chi connectivity index (χ4n) is 2.40. The van der Waals surface area contributed by atoms with E-state index in [1.165, 1.54) is 20.8 Å². The Labute approximate surface area is 152 Å². The maximum absolute atomic E-state index is 11.5. The number of carbonyl (C=O) groups excluding carboxylic acids is 3. The van der Waals surface area contributed by atoms with Crippen molar-refractivity contribution in [1.82, 2.24) is 0 Å². The summed E-state index contributed by atoms with van der Waals surface area (Å²) in [5.41, 5.74) is 0. The number of hydrogen-bond donors (Lipinski definition) is 0. The molecule has 1 aromatic carbocycles. The summed E-state index contributed by atoms with van der Waals surface area (Å²) in [5.74, 6) is -1.48. The summed E-state index contributed by atoms with van der Waals surface area (Å²) >= 11 is -0.190. The first-order valence-corrected chi connectivity index (χ1v) is 9.56. The summed E-state index contributed by atoms with van der Waals surface area (Å²) in [6.07, 6.45) is -2.26. The molecule has 4 atom stereocenters. The normalized spacial score (nSPS) is 25.2. The van der Waals surface area contributed by atoms with Crippen molar-refractivity contribution in [3.8, 4) is 0 Å². The summed E-state index contributed by atoms with van der Waals surface area (Å²) < 4.78 is 22.7. The van der Waals surface area contributed by atoms with Gasteiger partial charge >= 0.3 is 152 Å². The predicted octanol–water partition coefficient (Wildman–Crippen LogP) is 0.167. The third-order valence-corrected chi connectivity index (χ3v) is 5.74. The first-order valence-electron chi connectivity index (χ1n) is 7.71. The molecule has 0 bridgehead atoms. The van der Waals surface area contributed by atoms with Crippen LogP contribution >= 0.6 is 0 Å². The molecule has 1 aliphatic rings. The van der Waals surface area contributed by atoms with Crippen LogP contribution in [0.3, 0.4) is 0 Å². The van der Waals surface area contributed by atoms with E-state index < -0.39 is 41.2 Å². The number of hydrogen-bond acceptors (Lipinski definition) is 7. The molecule has 0 unspecified atom stereocenters. The molecule has 0 amide bonds.